The lowest BCUT2D eigenvalue weighted by molar-refractivity contribution is 0.208. The molecule has 1 saturated heterocycles. The first-order valence-corrected chi connectivity index (χ1v) is 10.7. The standard InChI is InChI=1S/C23H23ClN4O3/c1-29-19-10-16-12-26-23(28-21-17(24)3-2-15-6-9-30-22(15)21)27-18(16)11-20(19)31-13-14-4-7-25-8-5-14/h2-3,6,9-12,14,25H,4-5,7-8,13H2,1H3,(H,26,27,28). The molecule has 0 amide bonds. The van der Waals surface area contributed by atoms with E-state index in [4.69, 9.17) is 25.5 Å². The van der Waals surface area contributed by atoms with Crippen LogP contribution in [0.2, 0.25) is 5.02 Å². The van der Waals surface area contributed by atoms with Gasteiger partial charge in [-0.3, -0.25) is 0 Å². The molecule has 2 aromatic heterocycles. The maximum atomic E-state index is 6.39. The fourth-order valence-electron chi connectivity index (χ4n) is 3.86. The molecule has 0 bridgehead atoms. The van der Waals surface area contributed by atoms with E-state index in [1.165, 1.54) is 0 Å². The number of benzene rings is 2. The summed E-state index contributed by atoms with van der Waals surface area (Å²) in [4.78, 5) is 9.10. The van der Waals surface area contributed by atoms with Crippen LogP contribution in [0.1, 0.15) is 12.8 Å². The molecule has 2 aromatic carbocycles. The van der Waals surface area contributed by atoms with Crippen LogP contribution in [-0.4, -0.2) is 36.8 Å². The first-order valence-electron chi connectivity index (χ1n) is 10.3. The number of nitrogens with one attached hydrogen (secondary N) is 2. The summed E-state index contributed by atoms with van der Waals surface area (Å²) in [6, 6.07) is 9.41. The Morgan fingerprint density at radius 2 is 2.03 bits per heavy atom. The average Bonchev–Trinajstić information content (AvgIpc) is 3.28. The van der Waals surface area contributed by atoms with E-state index in [0.717, 1.165) is 42.2 Å². The van der Waals surface area contributed by atoms with Gasteiger partial charge < -0.3 is 24.5 Å². The lowest BCUT2D eigenvalue weighted by Crippen LogP contribution is -2.30. The minimum absolute atomic E-state index is 0.424. The summed E-state index contributed by atoms with van der Waals surface area (Å²) >= 11 is 6.39. The van der Waals surface area contributed by atoms with E-state index in [2.05, 4.69) is 20.6 Å². The molecule has 160 valence electrons. The van der Waals surface area contributed by atoms with Gasteiger partial charge in [-0.05, 0) is 56.1 Å². The summed E-state index contributed by atoms with van der Waals surface area (Å²) in [5.74, 6) is 2.33. The molecule has 8 heteroatoms. The van der Waals surface area contributed by atoms with E-state index >= 15 is 0 Å². The summed E-state index contributed by atoms with van der Waals surface area (Å²) in [7, 11) is 1.64. The van der Waals surface area contributed by atoms with Crippen molar-refractivity contribution in [3.05, 3.63) is 47.8 Å². The molecule has 0 atom stereocenters. The van der Waals surface area contributed by atoms with Crippen LogP contribution >= 0.6 is 11.6 Å². The Bertz CT molecular complexity index is 1220. The molecule has 0 aliphatic carbocycles. The number of methoxy groups -OCH3 is 1. The highest BCUT2D eigenvalue weighted by atomic mass is 35.5. The topological polar surface area (TPSA) is 81.4 Å². The quantitative estimate of drug-likeness (QED) is 0.430. The zero-order valence-corrected chi connectivity index (χ0v) is 17.9. The van der Waals surface area contributed by atoms with Crippen LogP contribution in [0, 0.1) is 5.92 Å². The Morgan fingerprint density at radius 1 is 1.16 bits per heavy atom. The minimum Gasteiger partial charge on any atom is -0.493 e. The maximum Gasteiger partial charge on any atom is 0.227 e. The molecule has 0 spiro atoms. The van der Waals surface area contributed by atoms with Gasteiger partial charge in [0, 0.05) is 23.0 Å². The van der Waals surface area contributed by atoms with Crippen molar-refractivity contribution in [2.75, 3.05) is 32.1 Å². The van der Waals surface area contributed by atoms with Gasteiger partial charge in [0.2, 0.25) is 5.95 Å². The highest BCUT2D eigenvalue weighted by Crippen LogP contribution is 2.35. The maximum absolute atomic E-state index is 6.39. The van der Waals surface area contributed by atoms with Crippen LogP contribution in [0.25, 0.3) is 21.9 Å². The zero-order valence-electron chi connectivity index (χ0n) is 17.2. The molecule has 5 rings (SSSR count). The number of piperidine rings is 1. The SMILES string of the molecule is COc1cc2cnc(Nc3c(Cl)ccc4ccoc34)nc2cc1OCC1CCNCC1. The van der Waals surface area contributed by atoms with Crippen LogP contribution in [0.5, 0.6) is 11.5 Å². The van der Waals surface area contributed by atoms with E-state index in [0.29, 0.717) is 46.3 Å². The fourth-order valence-corrected chi connectivity index (χ4v) is 4.06. The molecular formula is C23H23ClN4O3. The molecule has 4 aromatic rings. The number of halogens is 1. The average molecular weight is 439 g/mol. The highest BCUT2D eigenvalue weighted by molar-refractivity contribution is 6.34. The lowest BCUT2D eigenvalue weighted by atomic mass is 9.99. The van der Waals surface area contributed by atoms with Crippen molar-refractivity contribution >= 4 is 45.1 Å². The van der Waals surface area contributed by atoms with Crippen molar-refractivity contribution in [3.8, 4) is 11.5 Å². The molecule has 1 fully saturated rings. The molecule has 31 heavy (non-hydrogen) atoms. The second kappa shape index (κ2) is 8.61. The number of aromatic nitrogens is 2. The first kappa shape index (κ1) is 19.9. The monoisotopic (exact) mass is 438 g/mol. The van der Waals surface area contributed by atoms with E-state index in [1.54, 1.807) is 19.6 Å². The number of hydrogen-bond acceptors (Lipinski definition) is 7. The van der Waals surface area contributed by atoms with Crippen LogP contribution < -0.4 is 20.1 Å². The minimum atomic E-state index is 0.424. The summed E-state index contributed by atoms with van der Waals surface area (Å²) < 4.78 is 17.3. The first-order chi connectivity index (χ1) is 15.2. The summed E-state index contributed by atoms with van der Waals surface area (Å²) in [5, 5.41) is 8.92. The summed E-state index contributed by atoms with van der Waals surface area (Å²) in [5.41, 5.74) is 2.05. The predicted molar refractivity (Wildman–Crippen MR) is 122 cm³/mol. The van der Waals surface area contributed by atoms with Gasteiger partial charge in [-0.2, -0.15) is 0 Å². The van der Waals surface area contributed by atoms with Gasteiger partial charge in [0.05, 0.1) is 30.5 Å². The van der Waals surface area contributed by atoms with Gasteiger partial charge in [-0.1, -0.05) is 11.6 Å². The van der Waals surface area contributed by atoms with Crippen molar-refractivity contribution in [2.45, 2.75) is 12.8 Å². The van der Waals surface area contributed by atoms with Gasteiger partial charge in [-0.25, -0.2) is 9.97 Å². The molecule has 0 saturated carbocycles. The highest BCUT2D eigenvalue weighted by Gasteiger charge is 2.16. The second-order valence-corrected chi connectivity index (χ2v) is 8.05. The van der Waals surface area contributed by atoms with Crippen LogP contribution in [0.3, 0.4) is 0 Å². The smallest absolute Gasteiger partial charge is 0.227 e. The fraction of sp³-hybridized carbons (Fsp3) is 0.304. The number of rotatable bonds is 6. The predicted octanol–water partition coefficient (Wildman–Crippen LogP) is 5.16. The van der Waals surface area contributed by atoms with Crippen molar-refractivity contribution < 1.29 is 13.9 Å². The molecule has 3 heterocycles. The van der Waals surface area contributed by atoms with Crippen LogP contribution in [0.4, 0.5) is 11.6 Å². The molecular weight excluding hydrogens is 416 g/mol. The van der Waals surface area contributed by atoms with Crippen LogP contribution in [-0.2, 0) is 0 Å². The Morgan fingerprint density at radius 3 is 2.87 bits per heavy atom. The van der Waals surface area contributed by atoms with E-state index in [1.807, 2.05) is 30.3 Å². The van der Waals surface area contributed by atoms with Gasteiger partial charge in [-0.15, -0.1) is 0 Å². The van der Waals surface area contributed by atoms with E-state index in [9.17, 15) is 0 Å². The number of ether oxygens (including phenoxy) is 2. The van der Waals surface area contributed by atoms with E-state index < -0.39 is 0 Å². The van der Waals surface area contributed by atoms with Gasteiger partial charge in [0.15, 0.2) is 17.1 Å². The third-order valence-corrected chi connectivity index (χ3v) is 5.92. The number of fused-ring (bicyclic) bond motifs is 2. The lowest BCUT2D eigenvalue weighted by Gasteiger charge is -2.23. The largest absolute Gasteiger partial charge is 0.493 e. The third kappa shape index (κ3) is 4.11. The third-order valence-electron chi connectivity index (χ3n) is 5.61. The Balaban J connectivity index is 1.44. The molecule has 0 radical (unpaired) electrons. The molecule has 1 aliphatic rings. The van der Waals surface area contributed by atoms with Crippen LogP contribution in [0.15, 0.2) is 47.2 Å². The van der Waals surface area contributed by atoms with Crippen molar-refractivity contribution in [3.63, 3.8) is 0 Å². The van der Waals surface area contributed by atoms with Gasteiger partial charge in [0.1, 0.15) is 5.69 Å². The van der Waals surface area contributed by atoms with Crippen molar-refractivity contribution in [1.29, 1.82) is 0 Å². The number of furan rings is 1. The van der Waals surface area contributed by atoms with Crippen molar-refractivity contribution in [2.24, 2.45) is 5.92 Å². The summed E-state index contributed by atoms with van der Waals surface area (Å²) in [6.07, 6.45) is 5.61. The summed E-state index contributed by atoms with van der Waals surface area (Å²) in [6.45, 7) is 2.74. The second-order valence-electron chi connectivity index (χ2n) is 7.65. The Labute approximate surface area is 184 Å². The molecule has 2 N–H and O–H groups in total. The zero-order chi connectivity index (χ0) is 21.2. The Kier molecular flexibility index (Phi) is 5.53. The van der Waals surface area contributed by atoms with Gasteiger partial charge >= 0.3 is 0 Å². The normalized spacial score (nSPS) is 14.8. The Hall–Kier alpha value is -3.03. The molecule has 7 nitrogen and oxygen atoms in total. The van der Waals surface area contributed by atoms with Gasteiger partial charge in [0.25, 0.3) is 0 Å². The molecule has 1 aliphatic heterocycles. The molecule has 0 unspecified atom stereocenters. The number of anilines is 2. The van der Waals surface area contributed by atoms with Crippen molar-refractivity contribution in [1.82, 2.24) is 15.3 Å². The number of nitrogens with zero attached hydrogens (tertiary/aromatic N) is 2. The number of hydrogen-bond donors (Lipinski definition) is 2. The van der Waals surface area contributed by atoms with E-state index in [-0.39, 0.29) is 0 Å².